The zero-order chi connectivity index (χ0) is 11.4. The van der Waals surface area contributed by atoms with E-state index in [2.05, 4.69) is 0 Å². The van der Waals surface area contributed by atoms with Gasteiger partial charge in [-0.25, -0.2) is 0 Å². The van der Waals surface area contributed by atoms with E-state index in [0.717, 1.165) is 5.69 Å². The van der Waals surface area contributed by atoms with Crippen molar-refractivity contribution in [3.8, 4) is 5.69 Å². The fraction of sp³-hybridized carbons (Fsp3) is 0.154. The summed E-state index contributed by atoms with van der Waals surface area (Å²) < 4.78 is 6.80. The zero-order valence-corrected chi connectivity index (χ0v) is 9.09. The fourth-order valence-electron chi connectivity index (χ4n) is 1.54. The monoisotopic (exact) mass is 215 g/mol. The van der Waals surface area contributed by atoms with Gasteiger partial charge in [-0.2, -0.15) is 0 Å². The predicted octanol–water partition coefficient (Wildman–Crippen LogP) is 2.31. The van der Waals surface area contributed by atoms with Crippen LogP contribution in [0.4, 0.5) is 0 Å². The van der Waals surface area contributed by atoms with E-state index in [4.69, 9.17) is 4.74 Å². The maximum atomic E-state index is 11.5. The molecule has 0 unspecified atom stereocenters. The second-order valence-corrected chi connectivity index (χ2v) is 3.49. The highest BCUT2D eigenvalue weighted by Gasteiger charge is 2.04. The number of carbonyl (C=O) groups excluding carboxylic acids is 1. The van der Waals surface area contributed by atoms with Crippen molar-refractivity contribution in [2.45, 2.75) is 0 Å². The molecule has 3 heteroatoms. The minimum absolute atomic E-state index is 0.00144. The SMILES string of the molecule is COCC(=O)c1ccc(-n2cccc2)cc1. The fourth-order valence-corrected chi connectivity index (χ4v) is 1.54. The molecule has 0 bridgehead atoms. The summed E-state index contributed by atoms with van der Waals surface area (Å²) in [4.78, 5) is 11.5. The second-order valence-electron chi connectivity index (χ2n) is 3.49. The van der Waals surface area contributed by atoms with Crippen molar-refractivity contribution < 1.29 is 9.53 Å². The number of carbonyl (C=O) groups is 1. The molecule has 0 fully saturated rings. The van der Waals surface area contributed by atoms with Crippen LogP contribution in [0.25, 0.3) is 5.69 Å². The highest BCUT2D eigenvalue weighted by Crippen LogP contribution is 2.10. The summed E-state index contributed by atoms with van der Waals surface area (Å²) in [6, 6.07) is 11.4. The number of aromatic nitrogens is 1. The van der Waals surface area contributed by atoms with Gasteiger partial charge in [-0.3, -0.25) is 4.79 Å². The van der Waals surface area contributed by atoms with Crippen LogP contribution in [0, 0.1) is 0 Å². The molecule has 0 saturated carbocycles. The summed E-state index contributed by atoms with van der Waals surface area (Å²) in [5.41, 5.74) is 1.72. The van der Waals surface area contributed by atoms with Gasteiger partial charge in [0.25, 0.3) is 0 Å². The van der Waals surface area contributed by atoms with Crippen LogP contribution in [-0.4, -0.2) is 24.1 Å². The molecule has 1 aromatic carbocycles. The van der Waals surface area contributed by atoms with Crippen LogP contribution < -0.4 is 0 Å². The lowest BCUT2D eigenvalue weighted by atomic mass is 10.1. The molecule has 3 nitrogen and oxygen atoms in total. The first-order valence-electron chi connectivity index (χ1n) is 5.07. The molecule has 2 aromatic rings. The Labute approximate surface area is 94.3 Å². The lowest BCUT2D eigenvalue weighted by Crippen LogP contribution is -2.06. The molecular weight excluding hydrogens is 202 g/mol. The van der Waals surface area contributed by atoms with Crippen molar-refractivity contribution >= 4 is 5.78 Å². The average molecular weight is 215 g/mol. The quantitative estimate of drug-likeness (QED) is 0.733. The van der Waals surface area contributed by atoms with E-state index < -0.39 is 0 Å². The largest absolute Gasteiger partial charge is 0.377 e. The number of rotatable bonds is 4. The Morgan fingerprint density at radius 2 is 1.81 bits per heavy atom. The highest BCUT2D eigenvalue weighted by atomic mass is 16.5. The van der Waals surface area contributed by atoms with Gasteiger partial charge in [0.05, 0.1) is 0 Å². The Balaban J connectivity index is 2.20. The van der Waals surface area contributed by atoms with Crippen molar-refractivity contribution in [3.05, 3.63) is 54.4 Å². The second kappa shape index (κ2) is 4.77. The molecule has 1 heterocycles. The van der Waals surface area contributed by atoms with Gasteiger partial charge in [-0.05, 0) is 36.4 Å². The summed E-state index contributed by atoms with van der Waals surface area (Å²) in [5.74, 6) is 0.00144. The molecule has 0 atom stereocenters. The number of ketones is 1. The first-order valence-corrected chi connectivity index (χ1v) is 5.07. The van der Waals surface area contributed by atoms with Crippen LogP contribution in [-0.2, 0) is 4.74 Å². The molecule has 0 amide bonds. The van der Waals surface area contributed by atoms with Gasteiger partial charge in [-0.1, -0.05) is 0 Å². The number of benzene rings is 1. The molecule has 0 aliphatic heterocycles. The number of Topliss-reactive ketones (excluding diaryl/α,β-unsaturated/α-hetero) is 1. The Morgan fingerprint density at radius 1 is 1.19 bits per heavy atom. The molecule has 0 N–H and O–H groups in total. The minimum Gasteiger partial charge on any atom is -0.377 e. The van der Waals surface area contributed by atoms with Crippen LogP contribution in [0.3, 0.4) is 0 Å². The Morgan fingerprint density at radius 3 is 2.38 bits per heavy atom. The summed E-state index contributed by atoms with van der Waals surface area (Å²) in [6.45, 7) is 0.128. The molecule has 0 radical (unpaired) electrons. The topological polar surface area (TPSA) is 31.2 Å². The molecule has 0 saturated heterocycles. The van der Waals surface area contributed by atoms with E-state index >= 15 is 0 Å². The normalized spacial score (nSPS) is 10.3. The predicted molar refractivity (Wildman–Crippen MR) is 62.0 cm³/mol. The molecule has 2 rings (SSSR count). The van der Waals surface area contributed by atoms with Gasteiger partial charge in [0.2, 0.25) is 0 Å². The molecule has 16 heavy (non-hydrogen) atoms. The van der Waals surface area contributed by atoms with Gasteiger partial charge < -0.3 is 9.30 Å². The number of hydrogen-bond acceptors (Lipinski definition) is 2. The maximum absolute atomic E-state index is 11.5. The standard InChI is InChI=1S/C13H13NO2/c1-16-10-13(15)11-4-6-12(7-5-11)14-8-2-3-9-14/h2-9H,10H2,1H3. The van der Waals surface area contributed by atoms with Gasteiger partial charge in [0, 0.05) is 30.8 Å². The summed E-state index contributed by atoms with van der Waals surface area (Å²) in [5, 5.41) is 0. The molecule has 1 aromatic heterocycles. The van der Waals surface area contributed by atoms with Crippen LogP contribution in [0.5, 0.6) is 0 Å². The average Bonchev–Trinajstić information content (AvgIpc) is 2.83. The van der Waals surface area contributed by atoms with Crippen LogP contribution >= 0.6 is 0 Å². The van der Waals surface area contributed by atoms with Crippen molar-refractivity contribution in [1.29, 1.82) is 0 Å². The van der Waals surface area contributed by atoms with E-state index in [9.17, 15) is 4.79 Å². The third kappa shape index (κ3) is 2.20. The first kappa shape index (κ1) is 10.6. The zero-order valence-electron chi connectivity index (χ0n) is 9.09. The van der Waals surface area contributed by atoms with Crippen molar-refractivity contribution in [3.63, 3.8) is 0 Å². The van der Waals surface area contributed by atoms with E-state index in [-0.39, 0.29) is 12.4 Å². The third-order valence-electron chi connectivity index (χ3n) is 2.37. The smallest absolute Gasteiger partial charge is 0.188 e. The first-order chi connectivity index (χ1) is 7.81. The number of ether oxygens (including phenoxy) is 1. The van der Waals surface area contributed by atoms with E-state index in [0.29, 0.717) is 5.56 Å². The molecule has 0 aliphatic carbocycles. The summed E-state index contributed by atoms with van der Waals surface area (Å²) in [7, 11) is 1.52. The van der Waals surface area contributed by atoms with Crippen molar-refractivity contribution in [1.82, 2.24) is 4.57 Å². The van der Waals surface area contributed by atoms with Crippen LogP contribution in [0.1, 0.15) is 10.4 Å². The highest BCUT2D eigenvalue weighted by molar-refractivity contribution is 5.97. The Kier molecular flexibility index (Phi) is 3.17. The number of nitrogens with zero attached hydrogens (tertiary/aromatic N) is 1. The van der Waals surface area contributed by atoms with E-state index in [1.54, 1.807) is 0 Å². The van der Waals surface area contributed by atoms with Crippen molar-refractivity contribution in [2.75, 3.05) is 13.7 Å². The molecular formula is C13H13NO2. The summed E-state index contributed by atoms with van der Waals surface area (Å²) in [6.07, 6.45) is 3.93. The Hall–Kier alpha value is -1.87. The van der Waals surface area contributed by atoms with Crippen LogP contribution in [0.15, 0.2) is 48.8 Å². The lowest BCUT2D eigenvalue weighted by Gasteiger charge is -2.04. The number of hydrogen-bond donors (Lipinski definition) is 0. The molecule has 82 valence electrons. The van der Waals surface area contributed by atoms with Gasteiger partial charge in [0.1, 0.15) is 6.61 Å². The number of methoxy groups -OCH3 is 1. The van der Waals surface area contributed by atoms with Crippen LogP contribution in [0.2, 0.25) is 0 Å². The molecule has 0 spiro atoms. The maximum Gasteiger partial charge on any atom is 0.188 e. The van der Waals surface area contributed by atoms with Crippen molar-refractivity contribution in [2.24, 2.45) is 0 Å². The van der Waals surface area contributed by atoms with Gasteiger partial charge in [0.15, 0.2) is 5.78 Å². The minimum atomic E-state index is 0.00144. The third-order valence-corrected chi connectivity index (χ3v) is 2.37. The molecule has 0 aliphatic rings. The Bertz CT molecular complexity index is 457. The van der Waals surface area contributed by atoms with Gasteiger partial charge >= 0.3 is 0 Å². The summed E-state index contributed by atoms with van der Waals surface area (Å²) >= 11 is 0. The van der Waals surface area contributed by atoms with E-state index in [1.807, 2.05) is 53.4 Å². The van der Waals surface area contributed by atoms with Gasteiger partial charge in [-0.15, -0.1) is 0 Å². The van der Waals surface area contributed by atoms with E-state index in [1.165, 1.54) is 7.11 Å². The lowest BCUT2D eigenvalue weighted by molar-refractivity contribution is 0.0848.